The van der Waals surface area contributed by atoms with E-state index in [2.05, 4.69) is 59.1 Å². The summed E-state index contributed by atoms with van der Waals surface area (Å²) in [4.78, 5) is 27.5. The summed E-state index contributed by atoms with van der Waals surface area (Å²) in [6.07, 6.45) is 1.55. The van der Waals surface area contributed by atoms with Gasteiger partial charge in [0, 0.05) is 5.56 Å². The van der Waals surface area contributed by atoms with E-state index in [1.54, 1.807) is 36.4 Å². The highest BCUT2D eigenvalue weighted by Gasteiger charge is 2.34. The smallest absolute Gasteiger partial charge is 0.270 e. The average molecular weight is 649 g/mol. The van der Waals surface area contributed by atoms with E-state index >= 15 is 0 Å². The van der Waals surface area contributed by atoms with Crippen LogP contribution in [0, 0.1) is 10.5 Å². The molecule has 5 rings (SSSR count). The molecule has 0 aromatic heterocycles. The van der Waals surface area contributed by atoms with Gasteiger partial charge < -0.3 is 9.47 Å². The van der Waals surface area contributed by atoms with Gasteiger partial charge in [0.15, 0.2) is 16.6 Å². The van der Waals surface area contributed by atoms with Gasteiger partial charge in [0.2, 0.25) is 0 Å². The first-order valence-corrected chi connectivity index (χ1v) is 13.9. The Kier molecular flexibility index (Phi) is 7.94. The fraction of sp³-hybridized carbons (Fsp3) is 0.129. The van der Waals surface area contributed by atoms with E-state index in [1.807, 2.05) is 31.2 Å². The zero-order valence-corrected chi connectivity index (χ0v) is 24.3. The third-order valence-corrected chi connectivity index (χ3v) is 7.48. The van der Waals surface area contributed by atoms with Crippen LogP contribution in [0.2, 0.25) is 0 Å². The number of hydrogen-bond acceptors (Lipinski definition) is 5. The number of nitrogens with one attached hydrogen (secondary N) is 1. The monoisotopic (exact) mass is 648 g/mol. The van der Waals surface area contributed by atoms with Gasteiger partial charge in [-0.3, -0.25) is 19.8 Å². The maximum absolute atomic E-state index is 13.4. The molecule has 0 spiro atoms. The zero-order chi connectivity index (χ0) is 27.5. The molecule has 0 aliphatic carbocycles. The number of halogens is 1. The lowest BCUT2D eigenvalue weighted by atomic mass is 10.0. The summed E-state index contributed by atoms with van der Waals surface area (Å²) >= 11 is 7.48. The molecule has 6 nitrogen and oxygen atoms in total. The van der Waals surface area contributed by atoms with Crippen LogP contribution in [0.3, 0.4) is 0 Å². The standard InChI is InChI=1S/C31H25IN2O4S/c1-3-37-27-17-20(15-24-29(35)33-31(39)34(30(24)36)22-10-5-4-6-11-22)16-26(32)28(27)38-18-25-19(2)13-14-21-9-7-8-12-23(21)25/h4-17H,3,18H2,1-2H3,(H,33,35,39)/b24-15-. The van der Waals surface area contributed by atoms with Gasteiger partial charge in [0.25, 0.3) is 11.8 Å². The molecule has 8 heteroatoms. The second-order valence-electron chi connectivity index (χ2n) is 8.93. The Morgan fingerprint density at radius 1 is 0.974 bits per heavy atom. The third kappa shape index (κ3) is 5.53. The molecule has 196 valence electrons. The van der Waals surface area contributed by atoms with Crippen molar-refractivity contribution < 1.29 is 19.1 Å². The summed E-state index contributed by atoms with van der Waals surface area (Å²) in [6, 6.07) is 25.1. The van der Waals surface area contributed by atoms with Gasteiger partial charge in [-0.25, -0.2) is 0 Å². The van der Waals surface area contributed by atoms with Crippen molar-refractivity contribution in [1.29, 1.82) is 0 Å². The molecule has 2 amide bonds. The van der Waals surface area contributed by atoms with Crippen LogP contribution in [0.15, 0.2) is 84.4 Å². The molecular weight excluding hydrogens is 623 g/mol. The third-order valence-electron chi connectivity index (χ3n) is 6.39. The number of anilines is 1. The lowest BCUT2D eigenvalue weighted by Gasteiger charge is -2.28. The molecule has 0 radical (unpaired) electrons. The number of amides is 2. The van der Waals surface area contributed by atoms with Crippen LogP contribution in [-0.4, -0.2) is 23.5 Å². The number of hydrogen-bond donors (Lipinski definition) is 1. The van der Waals surface area contributed by atoms with Crippen LogP contribution < -0.4 is 19.7 Å². The van der Waals surface area contributed by atoms with Crippen LogP contribution in [0.4, 0.5) is 5.69 Å². The van der Waals surface area contributed by atoms with Gasteiger partial charge in [-0.2, -0.15) is 0 Å². The molecule has 0 atom stereocenters. The minimum atomic E-state index is -0.545. The highest BCUT2D eigenvalue weighted by atomic mass is 127. The van der Waals surface area contributed by atoms with Gasteiger partial charge in [-0.05, 0) is 101 Å². The lowest BCUT2D eigenvalue weighted by molar-refractivity contribution is -0.122. The Morgan fingerprint density at radius 3 is 2.49 bits per heavy atom. The van der Waals surface area contributed by atoms with Gasteiger partial charge in [-0.1, -0.05) is 54.6 Å². The van der Waals surface area contributed by atoms with Crippen LogP contribution >= 0.6 is 34.8 Å². The second kappa shape index (κ2) is 11.5. The summed E-state index contributed by atoms with van der Waals surface area (Å²) in [5.74, 6) is 0.110. The summed E-state index contributed by atoms with van der Waals surface area (Å²) in [7, 11) is 0. The number of carbonyl (C=O) groups is 2. The van der Waals surface area contributed by atoms with Crippen molar-refractivity contribution in [2.24, 2.45) is 0 Å². The summed E-state index contributed by atoms with van der Waals surface area (Å²) < 4.78 is 13.1. The number of nitrogens with zero attached hydrogens (tertiary/aromatic N) is 1. The Morgan fingerprint density at radius 2 is 1.72 bits per heavy atom. The number of benzene rings is 4. The molecular formula is C31H25IN2O4S. The number of fused-ring (bicyclic) bond motifs is 1. The highest BCUT2D eigenvalue weighted by Crippen LogP contribution is 2.36. The van der Waals surface area contributed by atoms with Crippen molar-refractivity contribution in [3.8, 4) is 11.5 Å². The Labute approximate surface area is 245 Å². The van der Waals surface area contributed by atoms with Crippen LogP contribution in [0.25, 0.3) is 16.8 Å². The second-order valence-corrected chi connectivity index (χ2v) is 10.5. The Hall–Kier alpha value is -3.76. The molecule has 1 fully saturated rings. The maximum atomic E-state index is 13.4. The van der Waals surface area contributed by atoms with Crippen LogP contribution in [0.5, 0.6) is 11.5 Å². The van der Waals surface area contributed by atoms with Crippen LogP contribution in [0.1, 0.15) is 23.6 Å². The number of aryl methyl sites for hydroxylation is 1. The molecule has 1 saturated heterocycles. The van der Waals surface area contributed by atoms with E-state index in [1.165, 1.54) is 4.90 Å². The van der Waals surface area contributed by atoms with E-state index in [0.29, 0.717) is 36.0 Å². The first kappa shape index (κ1) is 26.8. The summed E-state index contributed by atoms with van der Waals surface area (Å²) in [5.41, 5.74) is 3.45. The van der Waals surface area contributed by atoms with Crippen molar-refractivity contribution in [3.63, 3.8) is 0 Å². The minimum absolute atomic E-state index is 0.0225. The molecule has 0 unspecified atom stereocenters. The normalized spacial score (nSPS) is 14.6. The molecule has 1 N–H and O–H groups in total. The van der Waals surface area contributed by atoms with E-state index in [0.717, 1.165) is 25.5 Å². The van der Waals surface area contributed by atoms with E-state index < -0.39 is 11.8 Å². The molecule has 0 saturated carbocycles. The van der Waals surface area contributed by atoms with Crippen LogP contribution in [-0.2, 0) is 16.2 Å². The first-order valence-electron chi connectivity index (χ1n) is 12.4. The van der Waals surface area contributed by atoms with Crippen molar-refractivity contribution >= 4 is 74.3 Å². The van der Waals surface area contributed by atoms with Gasteiger partial charge in [0.1, 0.15) is 12.2 Å². The largest absolute Gasteiger partial charge is 0.490 e. The van der Waals surface area contributed by atoms with Crippen molar-refractivity contribution in [2.45, 2.75) is 20.5 Å². The Balaban J connectivity index is 1.48. The fourth-order valence-electron chi connectivity index (χ4n) is 4.49. The quantitative estimate of drug-likeness (QED) is 0.106. The van der Waals surface area contributed by atoms with Gasteiger partial charge >= 0.3 is 0 Å². The summed E-state index contributed by atoms with van der Waals surface area (Å²) in [5, 5.41) is 4.97. The maximum Gasteiger partial charge on any atom is 0.270 e. The molecule has 39 heavy (non-hydrogen) atoms. The molecule has 1 aliphatic heterocycles. The number of thiocarbonyl (C=S) groups is 1. The van der Waals surface area contributed by atoms with Crippen molar-refractivity contribution in [3.05, 3.63) is 105 Å². The molecule has 0 bridgehead atoms. The molecule has 4 aromatic carbocycles. The van der Waals surface area contributed by atoms with Crippen molar-refractivity contribution in [2.75, 3.05) is 11.5 Å². The average Bonchev–Trinajstić information content (AvgIpc) is 2.92. The fourth-order valence-corrected chi connectivity index (χ4v) is 5.55. The highest BCUT2D eigenvalue weighted by molar-refractivity contribution is 14.1. The van der Waals surface area contributed by atoms with E-state index in [9.17, 15) is 9.59 Å². The number of para-hydroxylation sites is 1. The molecule has 1 aliphatic rings. The zero-order valence-electron chi connectivity index (χ0n) is 21.4. The lowest BCUT2D eigenvalue weighted by Crippen LogP contribution is -2.54. The van der Waals surface area contributed by atoms with E-state index in [-0.39, 0.29) is 10.7 Å². The van der Waals surface area contributed by atoms with E-state index in [4.69, 9.17) is 21.7 Å². The summed E-state index contributed by atoms with van der Waals surface area (Å²) in [6.45, 7) is 4.77. The number of ether oxygens (including phenoxy) is 2. The Bertz CT molecular complexity index is 1630. The van der Waals surface area contributed by atoms with Gasteiger partial charge in [-0.15, -0.1) is 0 Å². The minimum Gasteiger partial charge on any atom is -0.490 e. The first-order chi connectivity index (χ1) is 18.9. The number of rotatable bonds is 7. The van der Waals surface area contributed by atoms with Gasteiger partial charge in [0.05, 0.1) is 15.9 Å². The van der Waals surface area contributed by atoms with Crippen molar-refractivity contribution in [1.82, 2.24) is 5.32 Å². The predicted octanol–water partition coefficient (Wildman–Crippen LogP) is 6.56. The molecule has 1 heterocycles. The SMILES string of the molecule is CCOc1cc(/C=C2/C(=O)NC(=S)N(c3ccccc3)C2=O)cc(I)c1OCc1c(C)ccc2ccccc12. The topological polar surface area (TPSA) is 67.9 Å². The molecule has 4 aromatic rings. The number of carbonyl (C=O) groups excluding carboxylic acids is 2. The predicted molar refractivity (Wildman–Crippen MR) is 166 cm³/mol.